The zero-order valence-corrected chi connectivity index (χ0v) is 11.9. The molecule has 0 aliphatic heterocycles. The van der Waals surface area contributed by atoms with Crippen molar-refractivity contribution >= 4 is 21.8 Å². The molecule has 3 nitrogen and oxygen atoms in total. The predicted octanol–water partition coefficient (Wildman–Crippen LogP) is 4.53. The molecule has 2 aromatic heterocycles. The Bertz CT molecular complexity index is 991. The van der Waals surface area contributed by atoms with Crippen molar-refractivity contribution in [1.82, 2.24) is 9.97 Å². The van der Waals surface area contributed by atoms with Gasteiger partial charge in [-0.2, -0.15) is 0 Å². The van der Waals surface area contributed by atoms with E-state index in [-0.39, 0.29) is 5.82 Å². The van der Waals surface area contributed by atoms with Crippen molar-refractivity contribution in [3.8, 4) is 17.0 Å². The van der Waals surface area contributed by atoms with Gasteiger partial charge in [0.05, 0.1) is 18.3 Å². The number of halogens is 1. The van der Waals surface area contributed by atoms with Crippen LogP contribution in [0.15, 0.2) is 54.7 Å². The summed E-state index contributed by atoms with van der Waals surface area (Å²) in [6.07, 6.45) is 1.86. The first kappa shape index (κ1) is 12.8. The van der Waals surface area contributed by atoms with Crippen molar-refractivity contribution < 1.29 is 9.13 Å². The zero-order valence-electron chi connectivity index (χ0n) is 11.9. The van der Waals surface area contributed by atoms with Gasteiger partial charge < -0.3 is 9.72 Å². The van der Waals surface area contributed by atoms with Crippen LogP contribution in [0, 0.1) is 5.82 Å². The fraction of sp³-hybridized carbons (Fsp3) is 0.0556. The second-order valence-electron chi connectivity index (χ2n) is 5.15. The molecular formula is C18H13FN2O. The average Bonchev–Trinajstić information content (AvgIpc) is 2.96. The molecule has 2 heterocycles. The van der Waals surface area contributed by atoms with Crippen molar-refractivity contribution in [2.45, 2.75) is 0 Å². The van der Waals surface area contributed by atoms with Crippen LogP contribution in [0.5, 0.6) is 5.75 Å². The maximum atomic E-state index is 13.3. The molecule has 0 amide bonds. The summed E-state index contributed by atoms with van der Waals surface area (Å²) in [7, 11) is 1.65. The van der Waals surface area contributed by atoms with Crippen molar-refractivity contribution in [1.29, 1.82) is 0 Å². The van der Waals surface area contributed by atoms with Gasteiger partial charge in [0.15, 0.2) is 0 Å². The van der Waals surface area contributed by atoms with E-state index in [1.165, 1.54) is 12.1 Å². The van der Waals surface area contributed by atoms with Gasteiger partial charge in [0.25, 0.3) is 0 Å². The van der Waals surface area contributed by atoms with Gasteiger partial charge in [0, 0.05) is 28.0 Å². The highest BCUT2D eigenvalue weighted by Crippen LogP contribution is 2.29. The SMILES string of the molecule is COc1ccc2nc(-c3c[nH]c4cc(F)ccc34)ccc2c1. The molecule has 0 saturated carbocycles. The highest BCUT2D eigenvalue weighted by Gasteiger charge is 2.09. The number of hydrogen-bond acceptors (Lipinski definition) is 2. The lowest BCUT2D eigenvalue weighted by Gasteiger charge is -2.04. The van der Waals surface area contributed by atoms with E-state index in [1.807, 2.05) is 36.5 Å². The van der Waals surface area contributed by atoms with Gasteiger partial charge in [-0.3, -0.25) is 0 Å². The van der Waals surface area contributed by atoms with Gasteiger partial charge in [-0.15, -0.1) is 0 Å². The molecule has 0 aliphatic carbocycles. The molecule has 1 N–H and O–H groups in total. The summed E-state index contributed by atoms with van der Waals surface area (Å²) in [5, 5.41) is 1.98. The Morgan fingerprint density at radius 2 is 1.95 bits per heavy atom. The smallest absolute Gasteiger partial charge is 0.125 e. The molecule has 0 fully saturated rings. The predicted molar refractivity (Wildman–Crippen MR) is 85.5 cm³/mol. The largest absolute Gasteiger partial charge is 0.497 e. The van der Waals surface area contributed by atoms with Gasteiger partial charge in [0.1, 0.15) is 11.6 Å². The van der Waals surface area contributed by atoms with E-state index in [1.54, 1.807) is 13.2 Å². The average molecular weight is 292 g/mol. The summed E-state index contributed by atoms with van der Waals surface area (Å²) >= 11 is 0. The molecular weight excluding hydrogens is 279 g/mol. The number of benzene rings is 2. The highest BCUT2D eigenvalue weighted by molar-refractivity contribution is 5.96. The first-order chi connectivity index (χ1) is 10.7. The van der Waals surface area contributed by atoms with Crippen molar-refractivity contribution in [3.63, 3.8) is 0 Å². The normalized spacial score (nSPS) is 11.2. The number of pyridine rings is 1. The molecule has 0 unspecified atom stereocenters. The Hall–Kier alpha value is -2.88. The second-order valence-corrected chi connectivity index (χ2v) is 5.15. The third kappa shape index (κ3) is 2.00. The van der Waals surface area contributed by atoms with Gasteiger partial charge in [-0.1, -0.05) is 6.07 Å². The Balaban J connectivity index is 1.89. The standard InChI is InChI=1S/C18H13FN2O/c1-22-13-4-7-16-11(8-13)2-6-17(21-16)15-10-20-18-9-12(19)3-5-14(15)18/h2-10,20H,1H3. The van der Waals surface area contributed by atoms with Crippen LogP contribution in [-0.4, -0.2) is 17.1 Å². The van der Waals surface area contributed by atoms with Gasteiger partial charge in [-0.25, -0.2) is 9.37 Å². The van der Waals surface area contributed by atoms with Gasteiger partial charge in [0.2, 0.25) is 0 Å². The number of nitrogens with one attached hydrogen (secondary N) is 1. The van der Waals surface area contributed by atoms with E-state index in [0.717, 1.165) is 38.8 Å². The van der Waals surface area contributed by atoms with E-state index in [9.17, 15) is 4.39 Å². The molecule has 0 atom stereocenters. The van der Waals surface area contributed by atoms with Crippen LogP contribution < -0.4 is 4.74 Å². The van der Waals surface area contributed by atoms with Crippen LogP contribution in [0.1, 0.15) is 0 Å². The molecule has 4 rings (SSSR count). The van der Waals surface area contributed by atoms with Crippen molar-refractivity contribution in [3.05, 3.63) is 60.5 Å². The second kappa shape index (κ2) is 4.84. The third-order valence-corrected chi connectivity index (χ3v) is 3.82. The minimum absolute atomic E-state index is 0.250. The lowest BCUT2D eigenvalue weighted by atomic mass is 10.1. The number of hydrogen-bond donors (Lipinski definition) is 1. The van der Waals surface area contributed by atoms with Crippen molar-refractivity contribution in [2.24, 2.45) is 0 Å². The molecule has 2 aromatic carbocycles. The van der Waals surface area contributed by atoms with Crippen LogP contribution in [0.4, 0.5) is 4.39 Å². The molecule has 108 valence electrons. The monoisotopic (exact) mass is 292 g/mol. The quantitative estimate of drug-likeness (QED) is 0.589. The molecule has 0 radical (unpaired) electrons. The fourth-order valence-electron chi connectivity index (χ4n) is 2.69. The summed E-state index contributed by atoms with van der Waals surface area (Å²) < 4.78 is 18.5. The lowest BCUT2D eigenvalue weighted by Crippen LogP contribution is -1.87. The Morgan fingerprint density at radius 3 is 2.82 bits per heavy atom. The van der Waals surface area contributed by atoms with E-state index >= 15 is 0 Å². The van der Waals surface area contributed by atoms with Crippen LogP contribution in [0.3, 0.4) is 0 Å². The molecule has 0 aliphatic rings. The summed E-state index contributed by atoms with van der Waals surface area (Å²) in [6, 6.07) is 14.5. The number of ether oxygens (including phenoxy) is 1. The first-order valence-corrected chi connectivity index (χ1v) is 6.96. The molecule has 22 heavy (non-hydrogen) atoms. The minimum atomic E-state index is -0.250. The Morgan fingerprint density at radius 1 is 1.05 bits per heavy atom. The zero-order chi connectivity index (χ0) is 15.1. The van der Waals surface area contributed by atoms with Crippen LogP contribution in [-0.2, 0) is 0 Å². The molecule has 4 aromatic rings. The Labute approximate surface area is 126 Å². The van der Waals surface area contributed by atoms with E-state index in [0.29, 0.717) is 0 Å². The summed E-state index contributed by atoms with van der Waals surface area (Å²) in [4.78, 5) is 7.79. The van der Waals surface area contributed by atoms with Crippen molar-refractivity contribution in [2.75, 3.05) is 7.11 Å². The van der Waals surface area contributed by atoms with Crippen LogP contribution in [0.2, 0.25) is 0 Å². The maximum absolute atomic E-state index is 13.3. The maximum Gasteiger partial charge on any atom is 0.125 e. The number of fused-ring (bicyclic) bond motifs is 2. The van der Waals surface area contributed by atoms with E-state index in [4.69, 9.17) is 9.72 Å². The fourth-order valence-corrected chi connectivity index (χ4v) is 2.69. The number of nitrogens with zero attached hydrogens (tertiary/aromatic N) is 1. The summed E-state index contributed by atoms with van der Waals surface area (Å²) in [6.45, 7) is 0. The number of methoxy groups -OCH3 is 1. The van der Waals surface area contributed by atoms with E-state index < -0.39 is 0 Å². The molecule has 4 heteroatoms. The van der Waals surface area contributed by atoms with Gasteiger partial charge >= 0.3 is 0 Å². The molecule has 0 saturated heterocycles. The molecule has 0 bridgehead atoms. The molecule has 0 spiro atoms. The highest BCUT2D eigenvalue weighted by atomic mass is 19.1. The summed E-state index contributed by atoms with van der Waals surface area (Å²) in [5.74, 6) is 0.559. The summed E-state index contributed by atoms with van der Waals surface area (Å²) in [5.41, 5.74) is 3.49. The topological polar surface area (TPSA) is 37.9 Å². The third-order valence-electron chi connectivity index (χ3n) is 3.82. The number of rotatable bonds is 2. The van der Waals surface area contributed by atoms with Gasteiger partial charge in [-0.05, 0) is 42.5 Å². The van der Waals surface area contributed by atoms with Crippen LogP contribution >= 0.6 is 0 Å². The lowest BCUT2D eigenvalue weighted by molar-refractivity contribution is 0.415. The number of H-pyrrole nitrogens is 1. The minimum Gasteiger partial charge on any atom is -0.497 e. The number of aromatic amines is 1. The van der Waals surface area contributed by atoms with Crippen LogP contribution in [0.25, 0.3) is 33.1 Å². The Kier molecular flexibility index (Phi) is 2.82. The van der Waals surface area contributed by atoms with E-state index in [2.05, 4.69) is 4.98 Å². The first-order valence-electron chi connectivity index (χ1n) is 6.96. The number of aromatic nitrogens is 2.